The van der Waals surface area contributed by atoms with E-state index in [9.17, 15) is 19.5 Å². The fourth-order valence-electron chi connectivity index (χ4n) is 10.4. The summed E-state index contributed by atoms with van der Waals surface area (Å²) in [7, 11) is 3.93. The molecule has 328 valence electrons. The third-order valence-electron chi connectivity index (χ3n) is 13.2. The fourth-order valence-corrected chi connectivity index (χ4v) is 13.4. The number of carbonyl (C=O) groups is 3. The molecular weight excluding hydrogens is 795 g/mol. The molecule has 0 bridgehead atoms. The van der Waals surface area contributed by atoms with Crippen molar-refractivity contribution in [3.63, 3.8) is 0 Å². The van der Waals surface area contributed by atoms with Gasteiger partial charge in [-0.2, -0.15) is 0 Å². The highest BCUT2D eigenvalue weighted by molar-refractivity contribution is 8.77. The molecule has 10 atom stereocenters. The van der Waals surface area contributed by atoms with Gasteiger partial charge in [0.25, 0.3) is 0 Å². The predicted molar refractivity (Wildman–Crippen MR) is 213 cm³/mol. The molecule has 2 N–H and O–H groups in total. The molecule has 5 fully saturated rings. The van der Waals surface area contributed by atoms with E-state index in [1.165, 1.54) is 18.6 Å². The van der Waals surface area contributed by atoms with E-state index in [-0.39, 0.29) is 55.6 Å². The van der Waals surface area contributed by atoms with Gasteiger partial charge in [0.2, 0.25) is 0 Å². The third kappa shape index (κ3) is 9.24. The Kier molecular flexibility index (Phi) is 15.3. The highest BCUT2D eigenvalue weighted by Crippen LogP contribution is 2.79. The largest absolute Gasteiger partial charge is 0.463 e. The van der Waals surface area contributed by atoms with Gasteiger partial charge in [-0.1, -0.05) is 48.8 Å². The summed E-state index contributed by atoms with van der Waals surface area (Å²) in [6.07, 6.45) is 4.15. The van der Waals surface area contributed by atoms with Gasteiger partial charge in [-0.15, -0.1) is 0 Å². The molecule has 7 aliphatic rings. The van der Waals surface area contributed by atoms with E-state index in [0.717, 1.165) is 29.2 Å². The highest BCUT2D eigenvalue weighted by Gasteiger charge is 2.95. The lowest BCUT2D eigenvalue weighted by molar-refractivity contribution is -0.145. The molecule has 3 saturated heterocycles. The standard InChI is InChI=1S/C41H63NO14S2/c1-26(2)33-34(44)36-41(56-36)39(3)10-8-28-29(25-53-37(28)45)30(39)24-31-40(41,55-31)35(33)54-38(46)42-11-12-47-13-14-48-15-16-49-17-18-50-19-20-51-21-22-52-32(43)7-5-4-6-27-9-23-57-58-27/h26-27,30-31,33-36,44H,4-25H2,1-3H3,(H,42,46). The Balaban J connectivity index is 0.694. The molecular formula is C41H63NO14S2. The number of rotatable bonds is 25. The van der Waals surface area contributed by atoms with Crippen LogP contribution >= 0.6 is 21.6 Å². The first-order valence-electron chi connectivity index (χ1n) is 21.3. The van der Waals surface area contributed by atoms with E-state index >= 15 is 0 Å². The van der Waals surface area contributed by atoms with Crippen LogP contribution in [0.2, 0.25) is 0 Å². The van der Waals surface area contributed by atoms with Crippen LogP contribution in [-0.4, -0.2) is 156 Å². The van der Waals surface area contributed by atoms with Crippen LogP contribution in [0.5, 0.6) is 0 Å². The minimum atomic E-state index is -0.846. The Hall–Kier alpha value is -1.67. The zero-order valence-corrected chi connectivity index (χ0v) is 35.9. The quantitative estimate of drug-likeness (QED) is 0.0441. The molecule has 17 heteroatoms. The highest BCUT2D eigenvalue weighted by atomic mass is 33.1. The normalized spacial score (nSPS) is 35.4. The summed E-state index contributed by atoms with van der Waals surface area (Å²) in [5.74, 6) is 0.543. The SMILES string of the molecule is CC(C)C1C(O)C2OC23C2(C)CCC4=C(COC4=O)C2CC2OC23C1OC(=O)NCCOCCOCCOCCOCCOCCOC(=O)CCCCC1CCSS1. The Morgan fingerprint density at radius 2 is 1.60 bits per heavy atom. The van der Waals surface area contributed by atoms with Crippen molar-refractivity contribution < 1.29 is 66.9 Å². The maximum absolute atomic E-state index is 13.2. The van der Waals surface area contributed by atoms with Gasteiger partial charge in [0, 0.05) is 40.9 Å². The summed E-state index contributed by atoms with van der Waals surface area (Å²) in [4.78, 5) is 37.5. The Morgan fingerprint density at radius 1 is 0.931 bits per heavy atom. The second-order valence-corrected chi connectivity index (χ2v) is 19.7. The number of cyclic esters (lactones) is 1. The van der Waals surface area contributed by atoms with Gasteiger partial charge in [-0.3, -0.25) is 4.79 Å². The van der Waals surface area contributed by atoms with E-state index < -0.39 is 41.0 Å². The number of hydrogen-bond acceptors (Lipinski definition) is 16. The van der Waals surface area contributed by atoms with Crippen molar-refractivity contribution in [2.75, 3.05) is 91.6 Å². The number of fused-ring (bicyclic) bond motifs is 2. The van der Waals surface area contributed by atoms with Crippen LogP contribution in [0.4, 0.5) is 4.79 Å². The lowest BCUT2D eigenvalue weighted by Crippen LogP contribution is -2.70. The van der Waals surface area contributed by atoms with Gasteiger partial charge in [-0.05, 0) is 55.9 Å². The maximum Gasteiger partial charge on any atom is 0.407 e. The van der Waals surface area contributed by atoms with Crippen molar-refractivity contribution in [2.24, 2.45) is 23.2 Å². The molecule has 0 aromatic carbocycles. The van der Waals surface area contributed by atoms with E-state index in [1.54, 1.807) is 0 Å². The summed E-state index contributed by atoms with van der Waals surface area (Å²) in [5.41, 5.74) is -0.227. The van der Waals surface area contributed by atoms with Gasteiger partial charge in [0.15, 0.2) is 5.60 Å². The number of aliphatic hydroxyl groups excluding tert-OH is 1. The summed E-state index contributed by atoms with van der Waals surface area (Å²) in [6.45, 7) is 11.0. The average Bonchev–Trinajstić information content (AvgIpc) is 4.02. The second-order valence-electron chi connectivity index (χ2n) is 16.9. The van der Waals surface area contributed by atoms with Crippen molar-refractivity contribution in [3.8, 4) is 0 Å². The minimum Gasteiger partial charge on any atom is -0.463 e. The van der Waals surface area contributed by atoms with Crippen LogP contribution in [0.25, 0.3) is 0 Å². The van der Waals surface area contributed by atoms with Gasteiger partial charge >= 0.3 is 18.0 Å². The average molecular weight is 858 g/mol. The van der Waals surface area contributed by atoms with Gasteiger partial charge in [-0.25, -0.2) is 9.59 Å². The van der Waals surface area contributed by atoms with Crippen LogP contribution < -0.4 is 5.32 Å². The number of ether oxygens (including phenoxy) is 10. The number of nitrogens with one attached hydrogen (secondary N) is 1. The smallest absolute Gasteiger partial charge is 0.407 e. The van der Waals surface area contributed by atoms with Gasteiger partial charge in [0.05, 0.1) is 78.3 Å². The first-order chi connectivity index (χ1) is 28.1. The molecule has 7 rings (SSSR count). The predicted octanol–water partition coefficient (Wildman–Crippen LogP) is 4.02. The molecule has 3 aliphatic carbocycles. The van der Waals surface area contributed by atoms with Crippen molar-refractivity contribution in [3.05, 3.63) is 11.1 Å². The van der Waals surface area contributed by atoms with Crippen LogP contribution in [0.3, 0.4) is 0 Å². The number of hydrogen-bond donors (Lipinski definition) is 2. The van der Waals surface area contributed by atoms with Crippen LogP contribution in [0.1, 0.15) is 72.1 Å². The number of alkyl carbamates (subject to hydrolysis) is 1. The molecule has 0 aromatic rings. The lowest BCUT2D eigenvalue weighted by atomic mass is 9.46. The van der Waals surface area contributed by atoms with Crippen LogP contribution in [-0.2, 0) is 57.0 Å². The molecule has 0 aromatic heterocycles. The van der Waals surface area contributed by atoms with Gasteiger partial charge in [0.1, 0.15) is 31.0 Å². The Bertz CT molecular complexity index is 1460. The van der Waals surface area contributed by atoms with Crippen molar-refractivity contribution in [1.29, 1.82) is 0 Å². The summed E-state index contributed by atoms with van der Waals surface area (Å²) in [5, 5.41) is 15.2. The van der Waals surface area contributed by atoms with Gasteiger partial charge < -0.3 is 57.8 Å². The number of esters is 2. The molecule has 0 radical (unpaired) electrons. The van der Waals surface area contributed by atoms with Crippen LogP contribution in [0.15, 0.2) is 11.1 Å². The zero-order chi connectivity index (χ0) is 40.8. The van der Waals surface area contributed by atoms with E-state index in [4.69, 9.17) is 47.4 Å². The molecule has 4 heterocycles. The first-order valence-corrected chi connectivity index (χ1v) is 23.7. The molecule has 1 amide bonds. The molecule has 4 aliphatic heterocycles. The fraction of sp³-hybridized carbons (Fsp3) is 0.878. The molecule has 2 saturated carbocycles. The molecule has 58 heavy (non-hydrogen) atoms. The lowest BCUT2D eigenvalue weighted by Gasteiger charge is -2.55. The number of unbranched alkanes of at least 4 members (excludes halogenated alkanes) is 1. The number of carbonyl (C=O) groups excluding carboxylic acids is 3. The Labute approximate surface area is 349 Å². The minimum absolute atomic E-state index is 0.00825. The number of amides is 1. The topological polar surface area (TPSA) is 182 Å². The van der Waals surface area contributed by atoms with Crippen molar-refractivity contribution in [1.82, 2.24) is 5.32 Å². The monoisotopic (exact) mass is 857 g/mol. The Morgan fingerprint density at radius 3 is 2.26 bits per heavy atom. The third-order valence-corrected chi connectivity index (χ3v) is 16.2. The van der Waals surface area contributed by atoms with E-state index in [0.29, 0.717) is 91.8 Å². The second kappa shape index (κ2) is 20.0. The number of epoxide rings is 2. The summed E-state index contributed by atoms with van der Waals surface area (Å²) >= 11 is 0. The maximum atomic E-state index is 13.2. The van der Waals surface area contributed by atoms with E-state index in [1.807, 2.05) is 35.4 Å². The number of aliphatic hydroxyl groups is 1. The molecule has 15 nitrogen and oxygen atoms in total. The zero-order valence-electron chi connectivity index (χ0n) is 34.2. The van der Waals surface area contributed by atoms with Crippen molar-refractivity contribution in [2.45, 2.75) is 113 Å². The van der Waals surface area contributed by atoms with E-state index in [2.05, 4.69) is 12.2 Å². The van der Waals surface area contributed by atoms with Crippen molar-refractivity contribution >= 4 is 39.6 Å². The summed E-state index contributed by atoms with van der Waals surface area (Å²) < 4.78 is 57.8. The molecule has 10 unspecified atom stereocenters. The van der Waals surface area contributed by atoms with Crippen LogP contribution in [0, 0.1) is 23.2 Å². The molecule has 2 spiro atoms. The first kappa shape index (κ1) is 44.4. The summed E-state index contributed by atoms with van der Waals surface area (Å²) in [6, 6.07) is 0.